The average molecular weight is 442 g/mol. The zero-order valence-electron chi connectivity index (χ0n) is 13.6. The number of amides is 1. The zero-order chi connectivity index (χ0) is 18.5. The van der Waals surface area contributed by atoms with Crippen LogP contribution >= 0.6 is 27.5 Å². The topological polar surface area (TPSA) is 78.4 Å². The summed E-state index contributed by atoms with van der Waals surface area (Å²) in [5.74, 6) is 1.94. The van der Waals surface area contributed by atoms with Gasteiger partial charge < -0.3 is 18.9 Å². The number of nitrogens with one attached hydrogen (secondary N) is 1. The summed E-state index contributed by atoms with van der Waals surface area (Å²) in [5, 5.41) is 4.31. The maximum Gasteiger partial charge on any atom is 0.277 e. The lowest BCUT2D eigenvalue weighted by atomic mass is 10.2. The number of ether oxygens (including phenoxy) is 4. The summed E-state index contributed by atoms with van der Waals surface area (Å²) in [6, 6.07) is 8.50. The summed E-state index contributed by atoms with van der Waals surface area (Å²) in [6.45, 7) is -0.0433. The molecule has 0 radical (unpaired) electrons. The van der Waals surface area contributed by atoms with Gasteiger partial charge in [0, 0.05) is 11.6 Å². The lowest BCUT2D eigenvalue weighted by Gasteiger charge is -2.08. The molecule has 0 unspecified atom stereocenters. The SMILES string of the molecule is COc1ccc(OCC(=O)NN=Cc2cc3c(cc2Cl)OCO3)c(Br)c1. The molecule has 0 aromatic heterocycles. The number of nitrogens with zero attached hydrogens (tertiary/aromatic N) is 1. The molecule has 1 amide bonds. The van der Waals surface area contributed by atoms with Gasteiger partial charge in [0.25, 0.3) is 5.91 Å². The number of hydrogen-bond acceptors (Lipinski definition) is 6. The van der Waals surface area contributed by atoms with Crippen LogP contribution in [0.2, 0.25) is 5.02 Å². The van der Waals surface area contributed by atoms with E-state index in [1.165, 1.54) is 6.21 Å². The maximum absolute atomic E-state index is 11.8. The van der Waals surface area contributed by atoms with Crippen molar-refractivity contribution in [3.05, 3.63) is 45.4 Å². The molecule has 1 aliphatic rings. The first-order chi connectivity index (χ1) is 12.6. The van der Waals surface area contributed by atoms with E-state index in [-0.39, 0.29) is 13.4 Å². The van der Waals surface area contributed by atoms with Crippen LogP contribution in [0.4, 0.5) is 0 Å². The molecular formula is C17H14BrClN2O5. The highest BCUT2D eigenvalue weighted by Gasteiger charge is 2.15. The monoisotopic (exact) mass is 440 g/mol. The van der Waals surface area contributed by atoms with Crippen LogP contribution < -0.4 is 24.4 Å². The Hall–Kier alpha value is -2.45. The summed E-state index contributed by atoms with van der Waals surface area (Å²) in [7, 11) is 1.57. The fraction of sp³-hybridized carbons (Fsp3) is 0.176. The van der Waals surface area contributed by atoms with Gasteiger partial charge in [0.15, 0.2) is 18.1 Å². The van der Waals surface area contributed by atoms with Crippen molar-refractivity contribution in [2.45, 2.75) is 0 Å². The minimum atomic E-state index is -0.416. The first-order valence-electron chi connectivity index (χ1n) is 7.44. The molecule has 2 aromatic rings. The lowest BCUT2D eigenvalue weighted by molar-refractivity contribution is -0.123. The van der Waals surface area contributed by atoms with Crippen LogP contribution in [0.15, 0.2) is 39.9 Å². The van der Waals surface area contributed by atoms with Crippen molar-refractivity contribution in [3.63, 3.8) is 0 Å². The minimum absolute atomic E-state index is 0.154. The second-order valence-electron chi connectivity index (χ2n) is 5.11. The van der Waals surface area contributed by atoms with E-state index in [1.54, 1.807) is 37.4 Å². The van der Waals surface area contributed by atoms with Gasteiger partial charge in [0.2, 0.25) is 6.79 Å². The molecule has 0 saturated heterocycles. The maximum atomic E-state index is 11.8. The van der Waals surface area contributed by atoms with Crippen LogP contribution in [0.25, 0.3) is 0 Å². The molecule has 0 saturated carbocycles. The quantitative estimate of drug-likeness (QED) is 0.549. The van der Waals surface area contributed by atoms with Crippen molar-refractivity contribution in [3.8, 4) is 23.0 Å². The van der Waals surface area contributed by atoms with E-state index in [9.17, 15) is 4.79 Å². The highest BCUT2D eigenvalue weighted by atomic mass is 79.9. The van der Waals surface area contributed by atoms with Crippen LogP contribution in [0.1, 0.15) is 5.56 Å². The van der Waals surface area contributed by atoms with E-state index in [2.05, 4.69) is 26.5 Å². The largest absolute Gasteiger partial charge is 0.497 e. The number of carbonyl (C=O) groups is 1. The predicted molar refractivity (Wildman–Crippen MR) is 99.5 cm³/mol. The van der Waals surface area contributed by atoms with E-state index in [4.69, 9.17) is 30.5 Å². The Labute approximate surface area is 163 Å². The first kappa shape index (κ1) is 18.3. The molecule has 0 spiro atoms. The van der Waals surface area contributed by atoms with Crippen molar-refractivity contribution >= 4 is 39.7 Å². The van der Waals surface area contributed by atoms with Gasteiger partial charge in [-0.05, 0) is 40.2 Å². The number of fused-ring (bicyclic) bond motifs is 1. The molecule has 1 N–H and O–H groups in total. The summed E-state index contributed by atoms with van der Waals surface area (Å²) < 4.78 is 21.7. The van der Waals surface area contributed by atoms with Gasteiger partial charge in [0.1, 0.15) is 11.5 Å². The Bertz CT molecular complexity index is 859. The third-order valence-corrected chi connectivity index (χ3v) is 4.33. The number of halogens is 2. The van der Waals surface area contributed by atoms with E-state index in [0.29, 0.717) is 38.1 Å². The minimum Gasteiger partial charge on any atom is -0.497 e. The summed E-state index contributed by atoms with van der Waals surface area (Å²) in [6.07, 6.45) is 1.42. The number of methoxy groups -OCH3 is 1. The number of rotatable bonds is 6. The second-order valence-corrected chi connectivity index (χ2v) is 6.37. The lowest BCUT2D eigenvalue weighted by Crippen LogP contribution is -2.24. The number of carbonyl (C=O) groups excluding carboxylic acids is 1. The van der Waals surface area contributed by atoms with Crippen molar-refractivity contribution in [2.75, 3.05) is 20.5 Å². The summed E-state index contributed by atoms with van der Waals surface area (Å²) >= 11 is 9.48. The smallest absolute Gasteiger partial charge is 0.277 e. The van der Waals surface area contributed by atoms with Gasteiger partial charge in [-0.3, -0.25) is 4.79 Å². The number of benzene rings is 2. The van der Waals surface area contributed by atoms with Gasteiger partial charge in [0.05, 0.1) is 22.8 Å². The molecule has 26 heavy (non-hydrogen) atoms. The third kappa shape index (κ3) is 4.39. The van der Waals surface area contributed by atoms with Gasteiger partial charge in [-0.15, -0.1) is 0 Å². The summed E-state index contributed by atoms with van der Waals surface area (Å²) in [5.41, 5.74) is 2.97. The second kappa shape index (κ2) is 8.29. The first-order valence-corrected chi connectivity index (χ1v) is 8.61. The molecule has 0 bridgehead atoms. The Kier molecular flexibility index (Phi) is 5.85. The highest BCUT2D eigenvalue weighted by Crippen LogP contribution is 2.36. The molecule has 0 atom stereocenters. The Morgan fingerprint density at radius 1 is 1.35 bits per heavy atom. The Balaban J connectivity index is 1.54. The van der Waals surface area contributed by atoms with Gasteiger partial charge in [-0.25, -0.2) is 5.43 Å². The van der Waals surface area contributed by atoms with E-state index in [0.717, 1.165) is 0 Å². The molecule has 1 aliphatic heterocycles. The van der Waals surface area contributed by atoms with Gasteiger partial charge in [-0.2, -0.15) is 5.10 Å². The number of hydrogen-bond donors (Lipinski definition) is 1. The molecular weight excluding hydrogens is 428 g/mol. The fourth-order valence-corrected chi connectivity index (χ4v) is 2.78. The van der Waals surface area contributed by atoms with Crippen molar-refractivity contribution in [1.82, 2.24) is 5.43 Å². The standard InChI is InChI=1S/C17H14BrClN2O5/c1-23-11-2-3-14(12(18)5-11)24-8-17(22)21-20-7-10-4-15-16(6-13(10)19)26-9-25-15/h2-7H,8-9H2,1H3,(H,21,22). The van der Waals surface area contributed by atoms with Crippen LogP contribution in [0.5, 0.6) is 23.0 Å². The van der Waals surface area contributed by atoms with E-state index >= 15 is 0 Å². The van der Waals surface area contributed by atoms with Gasteiger partial charge >= 0.3 is 0 Å². The van der Waals surface area contributed by atoms with Crippen molar-refractivity contribution < 1.29 is 23.7 Å². The van der Waals surface area contributed by atoms with Crippen LogP contribution in [0.3, 0.4) is 0 Å². The van der Waals surface area contributed by atoms with Crippen LogP contribution in [-0.4, -0.2) is 32.6 Å². The third-order valence-electron chi connectivity index (χ3n) is 3.38. The van der Waals surface area contributed by atoms with Crippen molar-refractivity contribution in [1.29, 1.82) is 0 Å². The number of hydrazone groups is 1. The predicted octanol–water partition coefficient (Wildman–Crippen LogP) is 3.37. The Morgan fingerprint density at radius 3 is 2.85 bits per heavy atom. The molecule has 0 fully saturated rings. The average Bonchev–Trinajstić information content (AvgIpc) is 3.07. The molecule has 9 heteroatoms. The van der Waals surface area contributed by atoms with Crippen molar-refractivity contribution in [2.24, 2.45) is 5.10 Å². The molecule has 3 rings (SSSR count). The van der Waals surface area contributed by atoms with Gasteiger partial charge in [-0.1, -0.05) is 11.6 Å². The molecule has 2 aromatic carbocycles. The zero-order valence-corrected chi connectivity index (χ0v) is 16.0. The van der Waals surface area contributed by atoms with Crippen LogP contribution in [-0.2, 0) is 4.79 Å². The van der Waals surface area contributed by atoms with E-state index < -0.39 is 5.91 Å². The van der Waals surface area contributed by atoms with E-state index in [1.807, 2.05) is 0 Å². The molecule has 136 valence electrons. The van der Waals surface area contributed by atoms with Crippen LogP contribution in [0, 0.1) is 0 Å². The molecule has 7 nitrogen and oxygen atoms in total. The molecule has 1 heterocycles. The summed E-state index contributed by atoms with van der Waals surface area (Å²) in [4.78, 5) is 11.8. The fourth-order valence-electron chi connectivity index (χ4n) is 2.11. The normalized spacial score (nSPS) is 12.3. The molecule has 0 aliphatic carbocycles. The Morgan fingerprint density at radius 2 is 2.12 bits per heavy atom. The highest BCUT2D eigenvalue weighted by molar-refractivity contribution is 9.10.